The van der Waals surface area contributed by atoms with Crippen molar-refractivity contribution in [2.24, 2.45) is 5.92 Å². The molecule has 2 atom stereocenters. The minimum Gasteiger partial charge on any atom is -0.438 e. The number of cyclic esters (lactones) is 1. The lowest BCUT2D eigenvalue weighted by Gasteiger charge is -2.29. The number of rotatable bonds is 8. The molecule has 33 heavy (non-hydrogen) atoms. The first kappa shape index (κ1) is 24.3. The van der Waals surface area contributed by atoms with Gasteiger partial charge >= 0.3 is 6.09 Å². The molecular formula is C26H33N3O4. The molecule has 1 saturated heterocycles. The van der Waals surface area contributed by atoms with Gasteiger partial charge in [0.1, 0.15) is 0 Å². The normalized spacial score (nSPS) is 17.8. The highest BCUT2D eigenvalue weighted by atomic mass is 16.6. The number of nitrogens with one attached hydrogen (secondary N) is 1. The molecule has 3 amide bonds. The van der Waals surface area contributed by atoms with Crippen molar-refractivity contribution < 1.29 is 19.1 Å². The third-order valence-electron chi connectivity index (χ3n) is 5.88. The van der Waals surface area contributed by atoms with E-state index in [9.17, 15) is 14.4 Å². The first-order chi connectivity index (χ1) is 15.7. The van der Waals surface area contributed by atoms with Gasteiger partial charge in [-0.2, -0.15) is 0 Å². The topological polar surface area (TPSA) is 79.0 Å². The van der Waals surface area contributed by atoms with Gasteiger partial charge in [-0.3, -0.25) is 14.5 Å². The van der Waals surface area contributed by atoms with E-state index in [4.69, 9.17) is 4.74 Å². The predicted octanol–water partition coefficient (Wildman–Crippen LogP) is 4.52. The molecule has 2 aromatic carbocycles. The first-order valence-corrected chi connectivity index (χ1v) is 11.5. The van der Waals surface area contributed by atoms with Crippen molar-refractivity contribution in [3.05, 3.63) is 65.2 Å². The van der Waals surface area contributed by atoms with Crippen LogP contribution in [-0.2, 0) is 20.9 Å². The van der Waals surface area contributed by atoms with Gasteiger partial charge in [0.25, 0.3) is 0 Å². The van der Waals surface area contributed by atoms with E-state index in [0.29, 0.717) is 24.3 Å². The Bertz CT molecular complexity index is 999. The van der Waals surface area contributed by atoms with E-state index in [1.54, 1.807) is 29.2 Å². The number of ether oxygens (including phenoxy) is 1. The van der Waals surface area contributed by atoms with Crippen LogP contribution in [0.15, 0.2) is 48.5 Å². The molecule has 3 rings (SSSR count). The van der Waals surface area contributed by atoms with Crippen LogP contribution in [0.5, 0.6) is 0 Å². The predicted molar refractivity (Wildman–Crippen MR) is 128 cm³/mol. The Morgan fingerprint density at radius 2 is 1.76 bits per heavy atom. The summed E-state index contributed by atoms with van der Waals surface area (Å²) >= 11 is 0. The zero-order valence-corrected chi connectivity index (χ0v) is 20.0. The molecular weight excluding hydrogens is 418 g/mol. The summed E-state index contributed by atoms with van der Waals surface area (Å²) < 4.78 is 5.75. The molecule has 1 heterocycles. The highest BCUT2D eigenvalue weighted by molar-refractivity contribution is 5.92. The standard InChI is InChI=1S/C26H33N3O4/c1-6-28(7-2)25(31)22-23(20-11-13-21(14-12-20)27-24(30)17(3)4)33-26(32)29(22)16-19-10-8-9-18(5)15-19/h8-15,17,22-23H,6-7,16H2,1-5H3,(H,27,30). The van der Waals surface area contributed by atoms with Crippen molar-refractivity contribution >= 4 is 23.6 Å². The second kappa shape index (κ2) is 10.5. The zero-order valence-electron chi connectivity index (χ0n) is 20.0. The van der Waals surface area contributed by atoms with E-state index >= 15 is 0 Å². The number of aryl methyl sites for hydroxylation is 1. The van der Waals surface area contributed by atoms with Gasteiger partial charge in [-0.1, -0.05) is 55.8 Å². The van der Waals surface area contributed by atoms with Gasteiger partial charge in [-0.15, -0.1) is 0 Å². The molecule has 2 unspecified atom stereocenters. The Morgan fingerprint density at radius 1 is 1.09 bits per heavy atom. The van der Waals surface area contributed by atoms with E-state index in [1.807, 2.05) is 58.9 Å². The summed E-state index contributed by atoms with van der Waals surface area (Å²) in [6.45, 7) is 10.9. The van der Waals surface area contributed by atoms with Crippen LogP contribution in [0.4, 0.5) is 10.5 Å². The van der Waals surface area contributed by atoms with Crippen LogP contribution in [0.3, 0.4) is 0 Å². The second-order valence-electron chi connectivity index (χ2n) is 8.64. The van der Waals surface area contributed by atoms with Crippen LogP contribution in [0.25, 0.3) is 0 Å². The Kier molecular flexibility index (Phi) is 7.74. The maximum atomic E-state index is 13.5. The minimum absolute atomic E-state index is 0.0750. The quantitative estimate of drug-likeness (QED) is 0.640. The summed E-state index contributed by atoms with van der Waals surface area (Å²) in [6, 6.07) is 14.2. The molecule has 7 nitrogen and oxygen atoms in total. The van der Waals surface area contributed by atoms with Crippen LogP contribution in [0.1, 0.15) is 50.5 Å². The lowest BCUT2D eigenvalue weighted by Crippen LogP contribution is -2.48. The van der Waals surface area contributed by atoms with Crippen LogP contribution in [0.2, 0.25) is 0 Å². The second-order valence-corrected chi connectivity index (χ2v) is 8.64. The van der Waals surface area contributed by atoms with E-state index in [1.165, 1.54) is 4.90 Å². The number of hydrogen-bond acceptors (Lipinski definition) is 4. The molecule has 2 aromatic rings. The third-order valence-corrected chi connectivity index (χ3v) is 5.88. The van der Waals surface area contributed by atoms with Crippen molar-refractivity contribution in [2.45, 2.75) is 53.3 Å². The molecule has 1 aliphatic heterocycles. The van der Waals surface area contributed by atoms with E-state index in [0.717, 1.165) is 11.1 Å². The summed E-state index contributed by atoms with van der Waals surface area (Å²) in [4.78, 5) is 41.6. The number of nitrogens with zero attached hydrogens (tertiary/aromatic N) is 2. The Labute approximate surface area is 195 Å². The summed E-state index contributed by atoms with van der Waals surface area (Å²) in [6.07, 6.45) is -1.24. The van der Waals surface area contributed by atoms with E-state index in [-0.39, 0.29) is 24.3 Å². The highest BCUT2D eigenvalue weighted by Crippen LogP contribution is 2.35. The fourth-order valence-electron chi connectivity index (χ4n) is 3.97. The smallest absolute Gasteiger partial charge is 0.411 e. The molecule has 0 saturated carbocycles. The van der Waals surface area contributed by atoms with E-state index < -0.39 is 18.2 Å². The lowest BCUT2D eigenvalue weighted by atomic mass is 9.99. The van der Waals surface area contributed by atoms with Gasteiger partial charge in [-0.05, 0) is 44.0 Å². The van der Waals surface area contributed by atoms with Crippen molar-refractivity contribution in [1.29, 1.82) is 0 Å². The summed E-state index contributed by atoms with van der Waals surface area (Å²) in [5.74, 6) is -0.346. The number of benzene rings is 2. The van der Waals surface area contributed by atoms with Gasteiger partial charge in [0.05, 0.1) is 6.54 Å². The third kappa shape index (κ3) is 5.53. The van der Waals surface area contributed by atoms with Gasteiger partial charge in [0.15, 0.2) is 12.1 Å². The number of carbonyl (C=O) groups excluding carboxylic acids is 3. The summed E-state index contributed by atoms with van der Waals surface area (Å²) in [5, 5.41) is 2.85. The number of anilines is 1. The van der Waals surface area contributed by atoms with Gasteiger partial charge < -0.3 is 15.0 Å². The Hall–Kier alpha value is -3.35. The summed E-state index contributed by atoms with van der Waals surface area (Å²) in [7, 11) is 0. The Morgan fingerprint density at radius 3 is 2.33 bits per heavy atom. The molecule has 1 fully saturated rings. The number of likely N-dealkylation sites (N-methyl/N-ethyl adjacent to an activating group) is 1. The highest BCUT2D eigenvalue weighted by Gasteiger charge is 2.48. The van der Waals surface area contributed by atoms with E-state index in [2.05, 4.69) is 5.32 Å². The van der Waals surface area contributed by atoms with Gasteiger partial charge in [-0.25, -0.2) is 4.79 Å². The van der Waals surface area contributed by atoms with Crippen molar-refractivity contribution in [1.82, 2.24) is 9.80 Å². The molecule has 0 bridgehead atoms. The Balaban J connectivity index is 1.91. The van der Waals surface area contributed by atoms with Gasteiger partial charge in [0.2, 0.25) is 11.8 Å². The summed E-state index contributed by atoms with van der Waals surface area (Å²) in [5.41, 5.74) is 3.40. The molecule has 0 spiro atoms. The van der Waals surface area contributed by atoms with Crippen molar-refractivity contribution in [3.8, 4) is 0 Å². The monoisotopic (exact) mass is 451 g/mol. The lowest BCUT2D eigenvalue weighted by molar-refractivity contribution is -0.136. The fraction of sp³-hybridized carbons (Fsp3) is 0.423. The minimum atomic E-state index is -0.769. The molecule has 0 radical (unpaired) electrons. The largest absolute Gasteiger partial charge is 0.438 e. The average Bonchev–Trinajstić information content (AvgIpc) is 3.10. The van der Waals surface area contributed by atoms with Gasteiger partial charge in [0, 0.05) is 24.7 Å². The van der Waals surface area contributed by atoms with Crippen LogP contribution in [-0.4, -0.2) is 46.8 Å². The van der Waals surface area contributed by atoms with Crippen molar-refractivity contribution in [2.75, 3.05) is 18.4 Å². The number of hydrogen-bond donors (Lipinski definition) is 1. The molecule has 0 aliphatic carbocycles. The SMILES string of the molecule is CCN(CC)C(=O)C1C(c2ccc(NC(=O)C(C)C)cc2)OC(=O)N1Cc1cccc(C)c1. The molecule has 0 aromatic heterocycles. The fourth-order valence-corrected chi connectivity index (χ4v) is 3.97. The van der Waals surface area contributed by atoms with Crippen molar-refractivity contribution in [3.63, 3.8) is 0 Å². The van der Waals surface area contributed by atoms with Crippen LogP contribution >= 0.6 is 0 Å². The average molecular weight is 452 g/mol. The molecule has 1 N–H and O–H groups in total. The maximum absolute atomic E-state index is 13.5. The molecule has 176 valence electrons. The van der Waals surface area contributed by atoms with Crippen LogP contribution < -0.4 is 5.32 Å². The first-order valence-electron chi connectivity index (χ1n) is 11.5. The number of amides is 3. The number of carbonyl (C=O) groups is 3. The maximum Gasteiger partial charge on any atom is 0.411 e. The molecule has 1 aliphatic rings. The molecule has 7 heteroatoms. The van der Waals surface area contributed by atoms with Crippen LogP contribution in [0, 0.1) is 12.8 Å². The zero-order chi connectivity index (χ0) is 24.1.